The summed E-state index contributed by atoms with van der Waals surface area (Å²) >= 11 is 0. The van der Waals surface area contributed by atoms with Crippen LogP contribution in [0.4, 0.5) is 0 Å². The molecule has 0 saturated heterocycles. The largest absolute Gasteiger partial charge is 0.480 e. The molecule has 5 unspecified atom stereocenters. The molecule has 0 bridgehead atoms. The number of carboxylic acid groups (broad SMARTS) is 1. The fraction of sp³-hybridized carbons (Fsp3) is 0.765. The van der Waals surface area contributed by atoms with Gasteiger partial charge in [-0.1, -0.05) is 34.1 Å². The van der Waals surface area contributed by atoms with Crippen molar-refractivity contribution in [2.45, 2.75) is 72.1 Å². The zero-order chi connectivity index (χ0) is 20.6. The van der Waals surface area contributed by atoms with Gasteiger partial charge in [-0.15, -0.1) is 0 Å². The van der Waals surface area contributed by atoms with Crippen LogP contribution in [0.25, 0.3) is 0 Å². The Balaban J connectivity index is 5.15. The van der Waals surface area contributed by atoms with Crippen molar-refractivity contribution in [3.63, 3.8) is 0 Å². The zero-order valence-corrected chi connectivity index (χ0v) is 16.3. The second-order valence-corrected chi connectivity index (χ2v) is 6.96. The van der Waals surface area contributed by atoms with Crippen LogP contribution in [0, 0.1) is 11.8 Å². The van der Waals surface area contributed by atoms with Gasteiger partial charge in [0.1, 0.15) is 18.1 Å². The molecule has 26 heavy (non-hydrogen) atoms. The molecule has 5 atom stereocenters. The van der Waals surface area contributed by atoms with E-state index >= 15 is 0 Å². The monoisotopic (exact) mass is 372 g/mol. The van der Waals surface area contributed by atoms with Crippen molar-refractivity contribution in [3.05, 3.63) is 0 Å². The molecule has 0 aromatic carbocycles. The third kappa shape index (κ3) is 7.38. The van der Waals surface area contributed by atoms with Gasteiger partial charge in [0.15, 0.2) is 0 Å². The number of rotatable bonds is 10. The Hall–Kier alpha value is -2.16. The molecule has 3 amide bonds. The van der Waals surface area contributed by atoms with E-state index in [1.807, 2.05) is 6.92 Å². The highest BCUT2D eigenvalue weighted by Crippen LogP contribution is 2.10. The Morgan fingerprint density at radius 1 is 0.846 bits per heavy atom. The summed E-state index contributed by atoms with van der Waals surface area (Å²) in [5.74, 6) is -3.27. The molecule has 9 nitrogen and oxygen atoms in total. The maximum Gasteiger partial charge on any atom is 0.326 e. The van der Waals surface area contributed by atoms with Crippen LogP contribution in [0.2, 0.25) is 0 Å². The third-order valence-corrected chi connectivity index (χ3v) is 4.19. The fourth-order valence-corrected chi connectivity index (χ4v) is 2.15. The zero-order valence-electron chi connectivity index (χ0n) is 16.3. The highest BCUT2D eigenvalue weighted by Gasteiger charge is 2.32. The first-order chi connectivity index (χ1) is 11.9. The Kier molecular flexibility index (Phi) is 9.85. The normalized spacial score (nSPS) is 16.8. The van der Waals surface area contributed by atoms with Gasteiger partial charge in [-0.25, -0.2) is 4.79 Å². The van der Waals surface area contributed by atoms with E-state index in [0.29, 0.717) is 6.42 Å². The molecule has 0 aliphatic rings. The average Bonchev–Trinajstić information content (AvgIpc) is 2.55. The quantitative estimate of drug-likeness (QED) is 0.352. The van der Waals surface area contributed by atoms with Gasteiger partial charge in [0.05, 0.1) is 6.04 Å². The molecule has 0 rings (SSSR count). The van der Waals surface area contributed by atoms with Crippen LogP contribution >= 0.6 is 0 Å². The number of hydrogen-bond donors (Lipinski definition) is 5. The minimum absolute atomic E-state index is 0.225. The Labute approximate surface area is 154 Å². The number of nitrogens with two attached hydrogens (primary N) is 1. The molecule has 150 valence electrons. The summed E-state index contributed by atoms with van der Waals surface area (Å²) in [6, 6.07) is -3.61. The predicted molar refractivity (Wildman–Crippen MR) is 97.0 cm³/mol. The molecule has 0 aliphatic heterocycles. The Bertz CT molecular complexity index is 521. The van der Waals surface area contributed by atoms with Crippen LogP contribution in [-0.2, 0) is 19.2 Å². The van der Waals surface area contributed by atoms with Crippen molar-refractivity contribution in [3.8, 4) is 0 Å². The summed E-state index contributed by atoms with van der Waals surface area (Å²) in [4.78, 5) is 47.8. The van der Waals surface area contributed by atoms with E-state index in [4.69, 9.17) is 5.73 Å². The highest BCUT2D eigenvalue weighted by atomic mass is 16.4. The van der Waals surface area contributed by atoms with Crippen LogP contribution < -0.4 is 21.7 Å². The molecule has 0 saturated carbocycles. The van der Waals surface area contributed by atoms with E-state index in [9.17, 15) is 24.3 Å². The van der Waals surface area contributed by atoms with Gasteiger partial charge in [-0.05, 0) is 25.7 Å². The highest BCUT2D eigenvalue weighted by molar-refractivity contribution is 5.94. The van der Waals surface area contributed by atoms with E-state index in [1.165, 1.54) is 13.8 Å². The molecule has 6 N–H and O–H groups in total. The first-order valence-electron chi connectivity index (χ1n) is 8.81. The van der Waals surface area contributed by atoms with Gasteiger partial charge < -0.3 is 26.8 Å². The fourth-order valence-electron chi connectivity index (χ4n) is 2.15. The molecule has 0 spiro atoms. The summed E-state index contributed by atoms with van der Waals surface area (Å²) < 4.78 is 0. The van der Waals surface area contributed by atoms with Crippen LogP contribution in [-0.4, -0.2) is 53.0 Å². The molecular formula is C17H32N4O5. The summed E-state index contributed by atoms with van der Waals surface area (Å²) in [7, 11) is 0. The summed E-state index contributed by atoms with van der Waals surface area (Å²) in [5.41, 5.74) is 5.45. The Morgan fingerprint density at radius 3 is 1.73 bits per heavy atom. The van der Waals surface area contributed by atoms with Gasteiger partial charge in [-0.3, -0.25) is 14.4 Å². The maximum absolute atomic E-state index is 12.6. The minimum Gasteiger partial charge on any atom is -0.480 e. The van der Waals surface area contributed by atoms with Gasteiger partial charge in [-0.2, -0.15) is 0 Å². The summed E-state index contributed by atoms with van der Waals surface area (Å²) in [6.07, 6.45) is 0.596. The van der Waals surface area contributed by atoms with E-state index in [1.54, 1.807) is 20.8 Å². The lowest BCUT2D eigenvalue weighted by atomic mass is 9.96. The van der Waals surface area contributed by atoms with Crippen molar-refractivity contribution in [1.82, 2.24) is 16.0 Å². The van der Waals surface area contributed by atoms with Crippen molar-refractivity contribution < 1.29 is 24.3 Å². The summed E-state index contributed by atoms with van der Waals surface area (Å²) in [6.45, 7) is 9.97. The Morgan fingerprint density at radius 2 is 1.35 bits per heavy atom. The van der Waals surface area contributed by atoms with E-state index in [0.717, 1.165) is 0 Å². The maximum atomic E-state index is 12.6. The minimum atomic E-state index is -1.14. The van der Waals surface area contributed by atoms with Crippen LogP contribution in [0.1, 0.15) is 48.0 Å². The van der Waals surface area contributed by atoms with Crippen LogP contribution in [0.3, 0.4) is 0 Å². The van der Waals surface area contributed by atoms with Crippen molar-refractivity contribution in [2.75, 3.05) is 0 Å². The van der Waals surface area contributed by atoms with Gasteiger partial charge in [0.2, 0.25) is 17.7 Å². The first kappa shape index (κ1) is 23.8. The lowest BCUT2D eigenvalue weighted by Crippen LogP contribution is -2.58. The topological polar surface area (TPSA) is 151 Å². The third-order valence-electron chi connectivity index (χ3n) is 4.19. The number of nitrogens with one attached hydrogen (secondary N) is 3. The van der Waals surface area contributed by atoms with Crippen molar-refractivity contribution >= 4 is 23.7 Å². The van der Waals surface area contributed by atoms with Crippen molar-refractivity contribution in [1.29, 1.82) is 0 Å². The smallest absolute Gasteiger partial charge is 0.326 e. The standard InChI is InChI=1S/C17H32N4O5/c1-7-9(4)13(16(24)20-12(8(2)3)17(25)26)21-15(23)11(6)19-14(22)10(5)18/h8-13H,7,18H2,1-6H3,(H,19,22)(H,20,24)(H,21,23)(H,25,26). The van der Waals surface area contributed by atoms with Crippen LogP contribution in [0.15, 0.2) is 0 Å². The van der Waals surface area contributed by atoms with Gasteiger partial charge in [0.25, 0.3) is 0 Å². The van der Waals surface area contributed by atoms with Gasteiger partial charge in [0, 0.05) is 0 Å². The molecule has 0 radical (unpaired) electrons. The average molecular weight is 372 g/mol. The predicted octanol–water partition coefficient (Wildman–Crippen LogP) is -0.405. The van der Waals surface area contributed by atoms with Crippen molar-refractivity contribution in [2.24, 2.45) is 17.6 Å². The SMILES string of the molecule is CCC(C)C(NC(=O)C(C)NC(=O)C(C)N)C(=O)NC(C(=O)O)C(C)C. The molecular weight excluding hydrogens is 340 g/mol. The lowest BCUT2D eigenvalue weighted by molar-refractivity contribution is -0.144. The number of carbonyl (C=O) groups is 4. The molecule has 0 fully saturated rings. The lowest BCUT2D eigenvalue weighted by Gasteiger charge is -2.27. The van der Waals surface area contributed by atoms with Crippen LogP contribution in [0.5, 0.6) is 0 Å². The molecule has 0 aliphatic carbocycles. The second-order valence-electron chi connectivity index (χ2n) is 6.96. The number of amides is 3. The van der Waals surface area contributed by atoms with E-state index in [2.05, 4.69) is 16.0 Å². The van der Waals surface area contributed by atoms with E-state index in [-0.39, 0.29) is 11.8 Å². The molecule has 9 heteroatoms. The second kappa shape index (κ2) is 10.7. The molecule has 0 heterocycles. The first-order valence-corrected chi connectivity index (χ1v) is 8.81. The molecule has 0 aromatic rings. The number of carbonyl (C=O) groups excluding carboxylic acids is 3. The number of hydrogen-bond acceptors (Lipinski definition) is 5. The van der Waals surface area contributed by atoms with E-state index < -0.39 is 47.9 Å². The number of aliphatic carboxylic acids is 1. The summed E-state index contributed by atoms with van der Waals surface area (Å²) in [5, 5.41) is 16.8. The van der Waals surface area contributed by atoms with Gasteiger partial charge >= 0.3 is 5.97 Å². The molecule has 0 aromatic heterocycles. The number of carboxylic acids is 1.